The van der Waals surface area contributed by atoms with E-state index in [1.54, 1.807) is 24.3 Å². The van der Waals surface area contributed by atoms with E-state index in [0.717, 1.165) is 0 Å². The van der Waals surface area contributed by atoms with Crippen molar-refractivity contribution in [3.63, 3.8) is 0 Å². The number of hydrogen-bond donors (Lipinski definition) is 3. The molecule has 1 aromatic rings. The van der Waals surface area contributed by atoms with Crippen molar-refractivity contribution in [3.05, 3.63) is 47.2 Å². The van der Waals surface area contributed by atoms with Gasteiger partial charge in [0.1, 0.15) is 5.76 Å². The van der Waals surface area contributed by atoms with E-state index in [9.17, 15) is 9.90 Å². The third kappa shape index (κ3) is 3.76. The highest BCUT2D eigenvalue weighted by Gasteiger charge is 2.24. The summed E-state index contributed by atoms with van der Waals surface area (Å²) >= 11 is 5.75. The zero-order valence-electron chi connectivity index (χ0n) is 9.14. The summed E-state index contributed by atoms with van der Waals surface area (Å²) in [6, 6.07) is 5.88. The summed E-state index contributed by atoms with van der Waals surface area (Å²) in [7, 11) is 0. The minimum absolute atomic E-state index is 0.178. The molecule has 4 N–H and O–H groups in total. The lowest BCUT2D eigenvalue weighted by Crippen LogP contribution is -2.31. The van der Waals surface area contributed by atoms with Gasteiger partial charge in [0.15, 0.2) is 0 Å². The predicted octanol–water partition coefficient (Wildman–Crippen LogP) is 2.30. The van der Waals surface area contributed by atoms with Gasteiger partial charge in [-0.2, -0.15) is 0 Å². The Balaban J connectivity index is 3.01. The average Bonchev–Trinajstić information content (AvgIpc) is 2.26. The smallest absolute Gasteiger partial charge is 0.304 e. The largest absolute Gasteiger partial charge is 0.511 e. The molecule has 0 aliphatic carbocycles. The van der Waals surface area contributed by atoms with Crippen LogP contribution in [0.3, 0.4) is 0 Å². The fraction of sp³-hybridized carbons (Fsp3) is 0.250. The van der Waals surface area contributed by atoms with Crippen LogP contribution in [-0.4, -0.2) is 22.2 Å². The number of carbonyl (C=O) groups is 1. The third-order valence-electron chi connectivity index (χ3n) is 2.51. The summed E-state index contributed by atoms with van der Waals surface area (Å²) in [5.74, 6) is -1.74. The Bertz CT molecular complexity index is 416. The number of rotatable bonds is 5. The maximum Gasteiger partial charge on any atom is 0.304 e. The van der Waals surface area contributed by atoms with Crippen LogP contribution in [0.5, 0.6) is 0 Å². The van der Waals surface area contributed by atoms with Crippen molar-refractivity contribution in [1.82, 2.24) is 0 Å². The molecule has 2 unspecified atom stereocenters. The lowest BCUT2D eigenvalue weighted by Gasteiger charge is -2.22. The maximum absolute atomic E-state index is 10.8. The first-order chi connectivity index (χ1) is 7.91. The van der Waals surface area contributed by atoms with Crippen LogP contribution in [0.25, 0.3) is 0 Å². The number of benzene rings is 1. The summed E-state index contributed by atoms with van der Waals surface area (Å²) in [5.41, 5.74) is 6.44. The number of halogens is 1. The van der Waals surface area contributed by atoms with Gasteiger partial charge in [-0.15, -0.1) is 0 Å². The predicted molar refractivity (Wildman–Crippen MR) is 66.2 cm³/mol. The quantitative estimate of drug-likeness (QED) is 0.705. The average molecular weight is 256 g/mol. The first kappa shape index (κ1) is 13.5. The monoisotopic (exact) mass is 255 g/mol. The summed E-state index contributed by atoms with van der Waals surface area (Å²) in [6.45, 7) is 3.34. The molecule has 0 radical (unpaired) electrons. The number of nitrogens with two attached hydrogens (primary N) is 1. The molecule has 0 fully saturated rings. The van der Waals surface area contributed by atoms with Gasteiger partial charge in [0, 0.05) is 10.9 Å². The Kier molecular flexibility index (Phi) is 4.54. The second-order valence-corrected chi connectivity index (χ2v) is 4.21. The standard InChI is InChI=1S/C12H14ClNO3/c1-7(15)12(14)10(6-11(16)17)8-2-4-9(13)5-3-8/h2-5,10,12,15H,1,6,14H2,(H,16,17). The van der Waals surface area contributed by atoms with Crippen LogP contribution < -0.4 is 5.73 Å². The van der Waals surface area contributed by atoms with E-state index < -0.39 is 17.9 Å². The van der Waals surface area contributed by atoms with Crippen LogP contribution in [-0.2, 0) is 4.79 Å². The normalized spacial score (nSPS) is 14.0. The van der Waals surface area contributed by atoms with Crippen molar-refractivity contribution in [2.45, 2.75) is 18.4 Å². The van der Waals surface area contributed by atoms with Gasteiger partial charge < -0.3 is 15.9 Å². The molecule has 17 heavy (non-hydrogen) atoms. The molecule has 0 aliphatic rings. The second-order valence-electron chi connectivity index (χ2n) is 3.77. The summed E-state index contributed by atoms with van der Waals surface area (Å²) in [4.78, 5) is 10.8. The molecule has 4 nitrogen and oxygen atoms in total. The SMILES string of the molecule is C=C(O)C(N)C(CC(=O)O)c1ccc(Cl)cc1. The van der Waals surface area contributed by atoms with E-state index in [0.29, 0.717) is 10.6 Å². The van der Waals surface area contributed by atoms with E-state index in [1.807, 2.05) is 0 Å². The molecule has 5 heteroatoms. The highest BCUT2D eigenvalue weighted by molar-refractivity contribution is 6.30. The molecular weight excluding hydrogens is 242 g/mol. The summed E-state index contributed by atoms with van der Waals surface area (Å²) in [5, 5.41) is 18.7. The van der Waals surface area contributed by atoms with Crippen molar-refractivity contribution in [2.75, 3.05) is 0 Å². The van der Waals surface area contributed by atoms with E-state index in [4.69, 9.17) is 22.4 Å². The Morgan fingerprint density at radius 3 is 2.29 bits per heavy atom. The third-order valence-corrected chi connectivity index (χ3v) is 2.76. The molecule has 0 bridgehead atoms. The number of carboxylic acids is 1. The van der Waals surface area contributed by atoms with Crippen LogP contribution in [0.1, 0.15) is 17.9 Å². The molecule has 0 aliphatic heterocycles. The molecule has 92 valence electrons. The molecule has 0 saturated carbocycles. The Labute approximate surface area is 104 Å². The molecule has 2 atom stereocenters. The van der Waals surface area contributed by atoms with Crippen molar-refractivity contribution < 1.29 is 15.0 Å². The number of carboxylic acid groups (broad SMARTS) is 1. The van der Waals surface area contributed by atoms with Gasteiger partial charge in [0.05, 0.1) is 12.5 Å². The maximum atomic E-state index is 10.8. The van der Waals surface area contributed by atoms with Crippen molar-refractivity contribution in [3.8, 4) is 0 Å². The summed E-state index contributed by atoms with van der Waals surface area (Å²) in [6.07, 6.45) is -0.178. The van der Waals surface area contributed by atoms with Crippen molar-refractivity contribution >= 4 is 17.6 Å². The zero-order chi connectivity index (χ0) is 13.0. The van der Waals surface area contributed by atoms with Crippen molar-refractivity contribution in [1.29, 1.82) is 0 Å². The molecule has 0 amide bonds. The number of hydrogen-bond acceptors (Lipinski definition) is 3. The number of aliphatic hydroxyl groups excluding tert-OH is 1. The van der Waals surface area contributed by atoms with Crippen LogP contribution in [0.4, 0.5) is 0 Å². The van der Waals surface area contributed by atoms with Crippen molar-refractivity contribution in [2.24, 2.45) is 5.73 Å². The van der Waals surface area contributed by atoms with Gasteiger partial charge in [0.25, 0.3) is 0 Å². The lowest BCUT2D eigenvalue weighted by atomic mass is 9.88. The Morgan fingerprint density at radius 1 is 1.35 bits per heavy atom. The van der Waals surface area contributed by atoms with Gasteiger partial charge in [0.2, 0.25) is 0 Å². The van der Waals surface area contributed by atoms with Crippen LogP contribution in [0.2, 0.25) is 5.02 Å². The molecule has 1 aromatic carbocycles. The van der Waals surface area contributed by atoms with E-state index in [-0.39, 0.29) is 12.2 Å². The molecular formula is C12H14ClNO3. The topological polar surface area (TPSA) is 83.5 Å². The van der Waals surface area contributed by atoms with E-state index in [2.05, 4.69) is 6.58 Å². The van der Waals surface area contributed by atoms with E-state index in [1.165, 1.54) is 0 Å². The van der Waals surface area contributed by atoms with E-state index >= 15 is 0 Å². The van der Waals surface area contributed by atoms with Gasteiger partial charge >= 0.3 is 5.97 Å². The first-order valence-electron chi connectivity index (χ1n) is 5.02. The minimum Gasteiger partial charge on any atom is -0.511 e. The minimum atomic E-state index is -0.985. The molecule has 0 spiro atoms. The van der Waals surface area contributed by atoms with Crippen LogP contribution >= 0.6 is 11.6 Å². The molecule has 0 heterocycles. The van der Waals surface area contributed by atoms with Gasteiger partial charge in [-0.1, -0.05) is 30.3 Å². The molecule has 0 saturated heterocycles. The lowest BCUT2D eigenvalue weighted by molar-refractivity contribution is -0.137. The van der Waals surface area contributed by atoms with Gasteiger partial charge in [-0.3, -0.25) is 4.79 Å². The fourth-order valence-electron chi connectivity index (χ4n) is 1.58. The first-order valence-corrected chi connectivity index (χ1v) is 5.40. The second kappa shape index (κ2) is 5.70. The van der Waals surface area contributed by atoms with Crippen LogP contribution in [0, 0.1) is 0 Å². The fourth-order valence-corrected chi connectivity index (χ4v) is 1.71. The highest BCUT2D eigenvalue weighted by Crippen LogP contribution is 2.26. The Hall–Kier alpha value is -1.52. The van der Waals surface area contributed by atoms with Crippen LogP contribution in [0.15, 0.2) is 36.6 Å². The van der Waals surface area contributed by atoms with Gasteiger partial charge in [-0.05, 0) is 17.7 Å². The van der Waals surface area contributed by atoms with Gasteiger partial charge in [-0.25, -0.2) is 0 Å². The molecule has 0 aromatic heterocycles. The number of aliphatic carboxylic acids is 1. The number of aliphatic hydroxyl groups is 1. The molecule has 1 rings (SSSR count). The zero-order valence-corrected chi connectivity index (χ0v) is 9.89. The Morgan fingerprint density at radius 2 is 1.88 bits per heavy atom. The summed E-state index contributed by atoms with van der Waals surface area (Å²) < 4.78 is 0. The highest BCUT2D eigenvalue weighted by atomic mass is 35.5.